The van der Waals surface area contributed by atoms with Crippen molar-refractivity contribution in [2.75, 3.05) is 22.8 Å². The maximum Gasteiger partial charge on any atom is 0.229 e. The van der Waals surface area contributed by atoms with Crippen molar-refractivity contribution in [1.82, 2.24) is 19.9 Å². The first-order valence-electron chi connectivity index (χ1n) is 11.8. The Hall–Kier alpha value is -4.37. The minimum Gasteiger partial charge on any atom is -0.368 e. The monoisotopic (exact) mass is 510 g/mol. The standard InChI is InChI=1S/C28H26N6O2S/c1-19-17-22(34-37(2,35)36)7-8-23(19)28-32-26-6-4-3-5-24(26)27(33-28)31-18-25(20-9-13-29-14-10-20)21-11-15-30-16-12-21/h3-17,25,34H,18H2,1-2H3,(H,31,32,33). The Morgan fingerprint density at radius 1 is 0.838 bits per heavy atom. The van der Waals surface area contributed by atoms with E-state index in [1.165, 1.54) is 0 Å². The van der Waals surface area contributed by atoms with Gasteiger partial charge in [0.25, 0.3) is 0 Å². The van der Waals surface area contributed by atoms with Gasteiger partial charge in [-0.15, -0.1) is 0 Å². The number of hydrogen-bond acceptors (Lipinski definition) is 7. The minimum atomic E-state index is -3.37. The molecule has 0 aliphatic carbocycles. The Morgan fingerprint density at radius 2 is 1.49 bits per heavy atom. The number of sulfonamides is 1. The van der Waals surface area contributed by atoms with Crippen LogP contribution in [-0.2, 0) is 10.0 Å². The van der Waals surface area contributed by atoms with Crippen molar-refractivity contribution >= 4 is 32.4 Å². The van der Waals surface area contributed by atoms with Crippen molar-refractivity contribution in [3.05, 3.63) is 108 Å². The predicted molar refractivity (Wildman–Crippen MR) is 147 cm³/mol. The molecule has 186 valence electrons. The summed E-state index contributed by atoms with van der Waals surface area (Å²) in [5, 5.41) is 4.49. The van der Waals surface area contributed by atoms with Crippen molar-refractivity contribution in [3.8, 4) is 11.4 Å². The van der Waals surface area contributed by atoms with Gasteiger partial charge in [0.05, 0.1) is 11.8 Å². The number of anilines is 2. The van der Waals surface area contributed by atoms with Crippen molar-refractivity contribution < 1.29 is 8.42 Å². The molecule has 0 unspecified atom stereocenters. The summed E-state index contributed by atoms with van der Waals surface area (Å²) in [6.07, 6.45) is 8.32. The smallest absolute Gasteiger partial charge is 0.229 e. The van der Waals surface area contributed by atoms with Gasteiger partial charge < -0.3 is 5.32 Å². The number of nitrogens with zero attached hydrogens (tertiary/aromatic N) is 4. The molecule has 5 rings (SSSR count). The molecule has 0 bridgehead atoms. The average molecular weight is 511 g/mol. The fourth-order valence-corrected chi connectivity index (χ4v) is 4.90. The van der Waals surface area contributed by atoms with Gasteiger partial charge in [-0.1, -0.05) is 12.1 Å². The summed E-state index contributed by atoms with van der Waals surface area (Å²) in [5.41, 5.74) is 5.28. The normalized spacial score (nSPS) is 11.5. The van der Waals surface area contributed by atoms with Gasteiger partial charge in [0.1, 0.15) is 5.82 Å². The van der Waals surface area contributed by atoms with Crippen molar-refractivity contribution in [2.24, 2.45) is 0 Å². The predicted octanol–water partition coefficient (Wildman–Crippen LogP) is 5.01. The summed E-state index contributed by atoms with van der Waals surface area (Å²) in [7, 11) is -3.37. The molecule has 0 aliphatic rings. The molecule has 2 aromatic carbocycles. The van der Waals surface area contributed by atoms with Crippen LogP contribution in [0.5, 0.6) is 0 Å². The Labute approximate surface area is 215 Å². The second-order valence-corrected chi connectivity index (χ2v) is 10.6. The van der Waals surface area contributed by atoms with E-state index in [4.69, 9.17) is 9.97 Å². The van der Waals surface area contributed by atoms with Crippen LogP contribution in [-0.4, -0.2) is 41.2 Å². The fourth-order valence-electron chi connectivity index (χ4n) is 4.34. The van der Waals surface area contributed by atoms with Crippen LogP contribution in [0.2, 0.25) is 0 Å². The van der Waals surface area contributed by atoms with Gasteiger partial charge in [-0.25, -0.2) is 18.4 Å². The summed E-state index contributed by atoms with van der Waals surface area (Å²) in [4.78, 5) is 18.1. The summed E-state index contributed by atoms with van der Waals surface area (Å²) < 4.78 is 25.8. The molecular weight excluding hydrogens is 484 g/mol. The van der Waals surface area contributed by atoms with Crippen molar-refractivity contribution in [2.45, 2.75) is 12.8 Å². The van der Waals surface area contributed by atoms with Gasteiger partial charge in [0.15, 0.2) is 5.82 Å². The van der Waals surface area contributed by atoms with E-state index in [2.05, 4.69) is 20.0 Å². The number of para-hydroxylation sites is 1. The van der Waals surface area contributed by atoms with E-state index in [9.17, 15) is 8.42 Å². The van der Waals surface area contributed by atoms with Crippen LogP contribution in [0.3, 0.4) is 0 Å². The lowest BCUT2D eigenvalue weighted by molar-refractivity contribution is 0.607. The third-order valence-electron chi connectivity index (χ3n) is 6.06. The molecule has 3 heterocycles. The number of hydrogen-bond donors (Lipinski definition) is 2. The molecule has 0 saturated heterocycles. The maximum atomic E-state index is 11.6. The number of rotatable bonds is 8. The summed E-state index contributed by atoms with van der Waals surface area (Å²) in [6, 6.07) is 21.3. The van der Waals surface area contributed by atoms with Crippen LogP contribution in [0.15, 0.2) is 91.5 Å². The summed E-state index contributed by atoms with van der Waals surface area (Å²) in [5.74, 6) is 1.35. The highest BCUT2D eigenvalue weighted by atomic mass is 32.2. The first-order chi connectivity index (χ1) is 17.9. The first-order valence-corrected chi connectivity index (χ1v) is 13.7. The third-order valence-corrected chi connectivity index (χ3v) is 6.67. The molecule has 0 radical (unpaired) electrons. The number of aryl methyl sites for hydroxylation is 1. The van der Waals surface area contributed by atoms with Gasteiger partial charge in [0, 0.05) is 53.9 Å². The summed E-state index contributed by atoms with van der Waals surface area (Å²) in [6.45, 7) is 2.52. The number of nitrogens with one attached hydrogen (secondary N) is 2. The van der Waals surface area contributed by atoms with E-state index >= 15 is 0 Å². The largest absolute Gasteiger partial charge is 0.368 e. The van der Waals surface area contributed by atoms with Crippen LogP contribution in [0.25, 0.3) is 22.3 Å². The molecule has 2 N–H and O–H groups in total. The zero-order valence-electron chi connectivity index (χ0n) is 20.5. The molecule has 3 aromatic heterocycles. The van der Waals surface area contributed by atoms with Crippen LogP contribution < -0.4 is 10.0 Å². The maximum absolute atomic E-state index is 11.6. The highest BCUT2D eigenvalue weighted by Crippen LogP contribution is 2.30. The minimum absolute atomic E-state index is 0.0614. The SMILES string of the molecule is Cc1cc(NS(C)(=O)=O)ccc1-c1nc(NCC(c2ccncc2)c2ccncc2)c2ccccc2n1. The van der Waals surface area contributed by atoms with E-state index in [0.717, 1.165) is 45.2 Å². The van der Waals surface area contributed by atoms with Crippen LogP contribution in [0.1, 0.15) is 22.6 Å². The summed E-state index contributed by atoms with van der Waals surface area (Å²) >= 11 is 0. The zero-order valence-corrected chi connectivity index (χ0v) is 21.3. The molecule has 0 aliphatic heterocycles. The lowest BCUT2D eigenvalue weighted by Gasteiger charge is -2.20. The lowest BCUT2D eigenvalue weighted by Crippen LogP contribution is -2.15. The van der Waals surface area contributed by atoms with E-state index in [1.807, 2.05) is 61.5 Å². The molecular formula is C28H26N6O2S. The van der Waals surface area contributed by atoms with Crippen LogP contribution >= 0.6 is 0 Å². The molecule has 8 nitrogen and oxygen atoms in total. The lowest BCUT2D eigenvalue weighted by atomic mass is 9.92. The zero-order chi connectivity index (χ0) is 25.8. The second kappa shape index (κ2) is 10.3. The fraction of sp³-hybridized carbons (Fsp3) is 0.143. The van der Waals surface area contributed by atoms with Crippen LogP contribution in [0.4, 0.5) is 11.5 Å². The van der Waals surface area contributed by atoms with E-state index in [0.29, 0.717) is 18.1 Å². The number of benzene rings is 2. The van der Waals surface area contributed by atoms with Crippen molar-refractivity contribution in [1.29, 1.82) is 0 Å². The molecule has 37 heavy (non-hydrogen) atoms. The first kappa shape index (κ1) is 24.3. The quantitative estimate of drug-likeness (QED) is 0.302. The highest BCUT2D eigenvalue weighted by Gasteiger charge is 2.17. The molecule has 0 saturated carbocycles. The van der Waals surface area contributed by atoms with Crippen LogP contribution in [0, 0.1) is 6.92 Å². The second-order valence-electron chi connectivity index (χ2n) is 8.81. The number of aromatic nitrogens is 4. The highest BCUT2D eigenvalue weighted by molar-refractivity contribution is 7.92. The van der Waals surface area contributed by atoms with Gasteiger partial charge >= 0.3 is 0 Å². The van der Waals surface area contributed by atoms with Gasteiger partial charge in [-0.3, -0.25) is 14.7 Å². The molecule has 9 heteroatoms. The Kier molecular flexibility index (Phi) is 6.78. The van der Waals surface area contributed by atoms with E-state index in [-0.39, 0.29) is 5.92 Å². The Balaban J connectivity index is 1.52. The van der Waals surface area contributed by atoms with Gasteiger partial charge in [-0.2, -0.15) is 0 Å². The van der Waals surface area contributed by atoms with E-state index in [1.54, 1.807) is 36.9 Å². The third kappa shape index (κ3) is 5.73. The molecule has 0 spiro atoms. The van der Waals surface area contributed by atoms with Gasteiger partial charge in [0.2, 0.25) is 10.0 Å². The topological polar surface area (TPSA) is 110 Å². The number of fused-ring (bicyclic) bond motifs is 1. The van der Waals surface area contributed by atoms with E-state index < -0.39 is 10.0 Å². The molecule has 0 amide bonds. The van der Waals surface area contributed by atoms with Crippen molar-refractivity contribution in [3.63, 3.8) is 0 Å². The molecule has 0 fully saturated rings. The Morgan fingerprint density at radius 3 is 2.11 bits per heavy atom. The number of pyridine rings is 2. The molecule has 0 atom stereocenters. The van der Waals surface area contributed by atoms with Gasteiger partial charge in [-0.05, 0) is 78.2 Å². The Bertz CT molecular complexity index is 1600. The average Bonchev–Trinajstić information content (AvgIpc) is 2.89. The molecule has 5 aromatic rings.